The molecule has 16 heavy (non-hydrogen) atoms. The third-order valence-electron chi connectivity index (χ3n) is 2.74. The third-order valence-corrected chi connectivity index (χ3v) is 2.74. The molecular weight excluding hydrogens is 204 g/mol. The molecule has 0 amide bonds. The lowest BCUT2D eigenvalue weighted by Gasteiger charge is -2.01. The molecule has 1 aliphatic rings. The summed E-state index contributed by atoms with van der Waals surface area (Å²) in [7, 11) is 0. The van der Waals surface area contributed by atoms with Crippen LogP contribution in [-0.2, 0) is 0 Å². The van der Waals surface area contributed by atoms with Crippen molar-refractivity contribution in [1.29, 1.82) is 0 Å². The van der Waals surface area contributed by atoms with Crippen molar-refractivity contribution >= 4 is 0 Å². The number of hydrogen-bond donors (Lipinski definition) is 1. The molecule has 1 atom stereocenters. The van der Waals surface area contributed by atoms with E-state index in [0.717, 1.165) is 24.9 Å². The highest BCUT2D eigenvalue weighted by atomic mass is 16.5. The Hall–Kier alpha value is -1.75. The van der Waals surface area contributed by atoms with E-state index in [9.17, 15) is 0 Å². The summed E-state index contributed by atoms with van der Waals surface area (Å²) in [5.41, 5.74) is 0.933. The number of hydrogen-bond acceptors (Lipinski definition) is 5. The van der Waals surface area contributed by atoms with E-state index in [1.54, 1.807) is 12.4 Å². The lowest BCUT2D eigenvalue weighted by molar-refractivity contribution is 0.345. The average molecular weight is 216 g/mol. The highest BCUT2D eigenvalue weighted by Crippen LogP contribution is 2.23. The quantitative estimate of drug-likeness (QED) is 0.825. The predicted molar refractivity (Wildman–Crippen MR) is 57.5 cm³/mol. The molecule has 3 heterocycles. The molecule has 5 nitrogen and oxygen atoms in total. The number of aromatic nitrogens is 3. The summed E-state index contributed by atoms with van der Waals surface area (Å²) in [6.07, 6.45) is 5.67. The zero-order chi connectivity index (χ0) is 10.8. The first kappa shape index (κ1) is 9.47. The Morgan fingerprint density at radius 2 is 2.19 bits per heavy atom. The highest BCUT2D eigenvalue weighted by molar-refractivity contribution is 5.52. The lowest BCUT2D eigenvalue weighted by Crippen LogP contribution is -2.12. The molecule has 0 saturated carbocycles. The van der Waals surface area contributed by atoms with Crippen molar-refractivity contribution in [2.75, 3.05) is 6.54 Å². The largest absolute Gasteiger partial charge is 0.337 e. The number of pyridine rings is 1. The standard InChI is InChI=1S/C11H12N4O/c1-2-9(13-5-1)11-14-10(15-16-11)8-3-6-12-7-4-8/h3-4,6-7,9,13H,1-2,5H2/t9-/m1/s1. The van der Waals surface area contributed by atoms with Gasteiger partial charge in [-0.1, -0.05) is 5.16 Å². The number of rotatable bonds is 2. The van der Waals surface area contributed by atoms with Crippen LogP contribution in [0.1, 0.15) is 24.8 Å². The Morgan fingerprint density at radius 3 is 2.94 bits per heavy atom. The Bertz CT molecular complexity index is 462. The minimum atomic E-state index is 0.225. The Labute approximate surface area is 92.9 Å². The maximum Gasteiger partial charge on any atom is 0.244 e. The molecule has 0 radical (unpaired) electrons. The van der Waals surface area contributed by atoms with Gasteiger partial charge >= 0.3 is 0 Å². The molecule has 3 rings (SSSR count). The topological polar surface area (TPSA) is 63.8 Å². The van der Waals surface area contributed by atoms with Crippen molar-refractivity contribution in [3.8, 4) is 11.4 Å². The SMILES string of the molecule is c1cc(-c2noc([C@H]3CCCN3)n2)ccn1. The molecule has 0 unspecified atom stereocenters. The molecule has 0 bridgehead atoms. The molecule has 0 aliphatic carbocycles. The van der Waals surface area contributed by atoms with Gasteiger partial charge in [-0.3, -0.25) is 4.98 Å². The van der Waals surface area contributed by atoms with Crippen molar-refractivity contribution in [1.82, 2.24) is 20.4 Å². The first-order chi connectivity index (χ1) is 7.93. The van der Waals surface area contributed by atoms with Crippen molar-refractivity contribution in [2.24, 2.45) is 0 Å². The van der Waals surface area contributed by atoms with Gasteiger partial charge < -0.3 is 9.84 Å². The molecule has 2 aromatic rings. The van der Waals surface area contributed by atoms with E-state index in [-0.39, 0.29) is 6.04 Å². The second-order valence-corrected chi connectivity index (χ2v) is 3.84. The summed E-state index contributed by atoms with van der Waals surface area (Å²) in [4.78, 5) is 8.35. The van der Waals surface area contributed by atoms with Crippen LogP contribution in [0, 0.1) is 0 Å². The van der Waals surface area contributed by atoms with Crippen LogP contribution in [0.4, 0.5) is 0 Å². The molecule has 0 spiro atoms. The normalized spacial score (nSPS) is 20.1. The smallest absolute Gasteiger partial charge is 0.244 e. The van der Waals surface area contributed by atoms with Gasteiger partial charge in [-0.05, 0) is 31.5 Å². The van der Waals surface area contributed by atoms with Crippen LogP contribution in [0.15, 0.2) is 29.0 Å². The summed E-state index contributed by atoms with van der Waals surface area (Å²) >= 11 is 0. The van der Waals surface area contributed by atoms with Crippen LogP contribution in [-0.4, -0.2) is 21.7 Å². The van der Waals surface area contributed by atoms with E-state index < -0.39 is 0 Å². The summed E-state index contributed by atoms with van der Waals surface area (Å²) in [5, 5.41) is 7.31. The second-order valence-electron chi connectivity index (χ2n) is 3.84. The van der Waals surface area contributed by atoms with E-state index in [1.807, 2.05) is 12.1 Å². The predicted octanol–water partition coefficient (Wildman–Crippen LogP) is 1.56. The van der Waals surface area contributed by atoms with Crippen molar-refractivity contribution in [3.63, 3.8) is 0 Å². The highest BCUT2D eigenvalue weighted by Gasteiger charge is 2.22. The van der Waals surface area contributed by atoms with Crippen molar-refractivity contribution in [2.45, 2.75) is 18.9 Å². The minimum Gasteiger partial charge on any atom is -0.337 e. The average Bonchev–Trinajstić information content (AvgIpc) is 3.01. The lowest BCUT2D eigenvalue weighted by atomic mass is 10.2. The van der Waals surface area contributed by atoms with Crippen LogP contribution in [0.5, 0.6) is 0 Å². The van der Waals surface area contributed by atoms with Crippen LogP contribution in [0.3, 0.4) is 0 Å². The van der Waals surface area contributed by atoms with Crippen LogP contribution in [0.2, 0.25) is 0 Å². The maximum atomic E-state index is 5.26. The van der Waals surface area contributed by atoms with Gasteiger partial charge in [0.25, 0.3) is 0 Å². The van der Waals surface area contributed by atoms with Crippen LogP contribution in [0.25, 0.3) is 11.4 Å². The Kier molecular flexibility index (Phi) is 2.38. The number of nitrogens with one attached hydrogen (secondary N) is 1. The van der Waals surface area contributed by atoms with Gasteiger partial charge in [-0.15, -0.1) is 0 Å². The van der Waals surface area contributed by atoms with Gasteiger partial charge in [0.2, 0.25) is 11.7 Å². The van der Waals surface area contributed by atoms with Gasteiger partial charge in [0.15, 0.2) is 0 Å². The molecule has 5 heteroatoms. The van der Waals surface area contributed by atoms with E-state index >= 15 is 0 Å². The van der Waals surface area contributed by atoms with E-state index in [1.165, 1.54) is 0 Å². The first-order valence-corrected chi connectivity index (χ1v) is 5.41. The number of nitrogens with zero attached hydrogens (tertiary/aromatic N) is 3. The fraction of sp³-hybridized carbons (Fsp3) is 0.364. The summed E-state index contributed by atoms with van der Waals surface area (Å²) < 4.78 is 5.26. The molecule has 2 aromatic heterocycles. The molecule has 1 fully saturated rings. The Balaban J connectivity index is 1.87. The van der Waals surface area contributed by atoms with E-state index in [0.29, 0.717) is 11.7 Å². The third kappa shape index (κ3) is 1.69. The fourth-order valence-corrected chi connectivity index (χ4v) is 1.89. The monoisotopic (exact) mass is 216 g/mol. The summed E-state index contributed by atoms with van der Waals surface area (Å²) in [6.45, 7) is 1.03. The van der Waals surface area contributed by atoms with Crippen LogP contribution < -0.4 is 5.32 Å². The zero-order valence-corrected chi connectivity index (χ0v) is 8.76. The summed E-state index contributed by atoms with van der Waals surface area (Å²) in [6, 6.07) is 3.97. The fourth-order valence-electron chi connectivity index (χ4n) is 1.89. The molecule has 1 aliphatic heterocycles. The maximum absolute atomic E-state index is 5.26. The molecule has 1 N–H and O–H groups in total. The molecule has 0 aromatic carbocycles. The van der Waals surface area contributed by atoms with Gasteiger partial charge in [0, 0.05) is 18.0 Å². The molecular formula is C11H12N4O. The molecule has 82 valence electrons. The Morgan fingerprint density at radius 1 is 1.31 bits per heavy atom. The van der Waals surface area contributed by atoms with Crippen LogP contribution >= 0.6 is 0 Å². The van der Waals surface area contributed by atoms with E-state index in [2.05, 4.69) is 20.4 Å². The zero-order valence-electron chi connectivity index (χ0n) is 8.76. The van der Waals surface area contributed by atoms with Crippen molar-refractivity contribution in [3.05, 3.63) is 30.4 Å². The van der Waals surface area contributed by atoms with E-state index in [4.69, 9.17) is 4.52 Å². The first-order valence-electron chi connectivity index (χ1n) is 5.41. The second kappa shape index (κ2) is 4.02. The van der Waals surface area contributed by atoms with Gasteiger partial charge in [-0.2, -0.15) is 4.98 Å². The minimum absolute atomic E-state index is 0.225. The van der Waals surface area contributed by atoms with Gasteiger partial charge in [0.1, 0.15) is 0 Å². The molecule has 1 saturated heterocycles. The van der Waals surface area contributed by atoms with Gasteiger partial charge in [0.05, 0.1) is 6.04 Å². The summed E-state index contributed by atoms with van der Waals surface area (Å²) in [5.74, 6) is 1.32. The van der Waals surface area contributed by atoms with Crippen molar-refractivity contribution < 1.29 is 4.52 Å². The van der Waals surface area contributed by atoms with Gasteiger partial charge in [-0.25, -0.2) is 0 Å².